The van der Waals surface area contributed by atoms with Gasteiger partial charge in [0, 0.05) is 0 Å². The zero-order chi connectivity index (χ0) is 9.26. The fourth-order valence-electron chi connectivity index (χ4n) is 1.46. The lowest BCUT2D eigenvalue weighted by atomic mass is 10.2. The molecule has 2 aromatic rings. The molecule has 2 rings (SSSR count). The van der Waals surface area contributed by atoms with Gasteiger partial charge in [-0.15, -0.1) is 5.10 Å². The van der Waals surface area contributed by atoms with E-state index in [0.717, 1.165) is 16.6 Å². The van der Waals surface area contributed by atoms with E-state index >= 15 is 0 Å². The molecular formula is C9H11N3O. The van der Waals surface area contributed by atoms with Gasteiger partial charge in [-0.2, -0.15) is 0 Å². The van der Waals surface area contributed by atoms with Gasteiger partial charge in [-0.3, -0.25) is 0 Å². The van der Waals surface area contributed by atoms with Crippen LogP contribution >= 0.6 is 0 Å². The summed E-state index contributed by atoms with van der Waals surface area (Å²) >= 11 is 0. The van der Waals surface area contributed by atoms with Gasteiger partial charge in [-0.25, -0.2) is 4.68 Å². The maximum atomic E-state index is 8.80. The van der Waals surface area contributed by atoms with E-state index in [0.29, 0.717) is 6.54 Å². The summed E-state index contributed by atoms with van der Waals surface area (Å²) in [5, 5.41) is 16.8. The molecule has 1 aromatic heterocycles. The molecule has 0 saturated carbocycles. The van der Waals surface area contributed by atoms with Gasteiger partial charge in [-0.1, -0.05) is 17.3 Å². The molecule has 4 heteroatoms. The first-order chi connectivity index (χ1) is 6.33. The quantitative estimate of drug-likeness (QED) is 0.735. The Hall–Kier alpha value is -1.42. The van der Waals surface area contributed by atoms with Gasteiger partial charge in [0.05, 0.1) is 18.7 Å². The Morgan fingerprint density at radius 3 is 3.08 bits per heavy atom. The van der Waals surface area contributed by atoms with Crippen LogP contribution in [0, 0.1) is 6.92 Å². The lowest BCUT2D eigenvalue weighted by Crippen LogP contribution is -2.04. The number of para-hydroxylation sites is 1. The molecule has 0 bridgehead atoms. The molecule has 0 aliphatic rings. The minimum Gasteiger partial charge on any atom is -0.394 e. The SMILES string of the molecule is Cc1cccc2nnn(CCO)c12. The molecule has 4 nitrogen and oxygen atoms in total. The molecule has 1 heterocycles. The average molecular weight is 177 g/mol. The highest BCUT2D eigenvalue weighted by Crippen LogP contribution is 2.14. The van der Waals surface area contributed by atoms with Crippen molar-refractivity contribution in [3.05, 3.63) is 23.8 Å². The van der Waals surface area contributed by atoms with Gasteiger partial charge >= 0.3 is 0 Å². The van der Waals surface area contributed by atoms with E-state index in [1.165, 1.54) is 0 Å². The highest BCUT2D eigenvalue weighted by molar-refractivity contribution is 5.77. The van der Waals surface area contributed by atoms with Crippen LogP contribution in [0.2, 0.25) is 0 Å². The summed E-state index contributed by atoms with van der Waals surface area (Å²) in [5.41, 5.74) is 3.03. The summed E-state index contributed by atoms with van der Waals surface area (Å²) in [7, 11) is 0. The van der Waals surface area contributed by atoms with Crippen molar-refractivity contribution in [1.82, 2.24) is 15.0 Å². The summed E-state index contributed by atoms with van der Waals surface area (Å²) in [4.78, 5) is 0. The van der Waals surface area contributed by atoms with Crippen molar-refractivity contribution in [2.24, 2.45) is 0 Å². The Bertz CT molecular complexity index is 422. The van der Waals surface area contributed by atoms with Crippen LogP contribution in [-0.4, -0.2) is 26.7 Å². The third-order valence-electron chi connectivity index (χ3n) is 2.05. The minimum atomic E-state index is 0.0901. The number of fused-ring (bicyclic) bond motifs is 1. The molecule has 0 radical (unpaired) electrons. The van der Waals surface area contributed by atoms with Crippen LogP contribution in [0.5, 0.6) is 0 Å². The van der Waals surface area contributed by atoms with Gasteiger partial charge in [0.25, 0.3) is 0 Å². The van der Waals surface area contributed by atoms with Crippen molar-refractivity contribution in [3.8, 4) is 0 Å². The second kappa shape index (κ2) is 3.14. The molecule has 0 amide bonds. The Labute approximate surface area is 75.8 Å². The fourth-order valence-corrected chi connectivity index (χ4v) is 1.46. The number of rotatable bonds is 2. The lowest BCUT2D eigenvalue weighted by molar-refractivity contribution is 0.270. The van der Waals surface area contributed by atoms with Crippen LogP contribution in [-0.2, 0) is 6.54 Å². The van der Waals surface area contributed by atoms with E-state index in [1.807, 2.05) is 25.1 Å². The predicted octanol–water partition coefficient (Wildman–Crippen LogP) is 0.732. The van der Waals surface area contributed by atoms with Crippen LogP contribution in [0.1, 0.15) is 5.56 Å². The Morgan fingerprint density at radius 2 is 2.31 bits per heavy atom. The molecule has 0 spiro atoms. The summed E-state index contributed by atoms with van der Waals surface area (Å²) in [5.74, 6) is 0. The van der Waals surface area contributed by atoms with Crippen molar-refractivity contribution >= 4 is 11.0 Å². The summed E-state index contributed by atoms with van der Waals surface area (Å²) < 4.78 is 1.73. The van der Waals surface area contributed by atoms with Gasteiger partial charge in [0.2, 0.25) is 0 Å². The number of aryl methyl sites for hydroxylation is 1. The second-order valence-corrected chi connectivity index (χ2v) is 2.98. The van der Waals surface area contributed by atoms with E-state index in [-0.39, 0.29) is 6.61 Å². The summed E-state index contributed by atoms with van der Waals surface area (Å²) in [6.07, 6.45) is 0. The van der Waals surface area contributed by atoms with Gasteiger partial charge < -0.3 is 5.11 Å². The van der Waals surface area contributed by atoms with E-state index in [1.54, 1.807) is 4.68 Å². The molecule has 68 valence electrons. The normalized spacial score (nSPS) is 10.9. The lowest BCUT2D eigenvalue weighted by Gasteiger charge is -2.00. The number of aliphatic hydroxyl groups is 1. The van der Waals surface area contributed by atoms with E-state index in [4.69, 9.17) is 5.11 Å². The molecule has 0 saturated heterocycles. The van der Waals surface area contributed by atoms with Crippen LogP contribution < -0.4 is 0 Å². The summed E-state index contributed by atoms with van der Waals surface area (Å²) in [6, 6.07) is 5.89. The standard InChI is InChI=1S/C9H11N3O/c1-7-3-2-4-8-9(7)12(5-6-13)11-10-8/h2-4,13H,5-6H2,1H3. The molecule has 0 aliphatic heterocycles. The molecule has 0 unspecified atom stereocenters. The first-order valence-corrected chi connectivity index (χ1v) is 4.22. The van der Waals surface area contributed by atoms with Crippen molar-refractivity contribution in [3.63, 3.8) is 0 Å². The maximum Gasteiger partial charge on any atom is 0.113 e. The van der Waals surface area contributed by atoms with Crippen LogP contribution in [0.25, 0.3) is 11.0 Å². The van der Waals surface area contributed by atoms with Crippen molar-refractivity contribution in [1.29, 1.82) is 0 Å². The second-order valence-electron chi connectivity index (χ2n) is 2.98. The molecule has 13 heavy (non-hydrogen) atoms. The van der Waals surface area contributed by atoms with Crippen LogP contribution in [0.3, 0.4) is 0 Å². The molecule has 0 atom stereocenters. The topological polar surface area (TPSA) is 50.9 Å². The van der Waals surface area contributed by atoms with Crippen LogP contribution in [0.15, 0.2) is 18.2 Å². The first kappa shape index (κ1) is 8.19. The van der Waals surface area contributed by atoms with Crippen molar-refractivity contribution in [2.75, 3.05) is 6.61 Å². The van der Waals surface area contributed by atoms with Crippen LogP contribution in [0.4, 0.5) is 0 Å². The third kappa shape index (κ3) is 1.29. The van der Waals surface area contributed by atoms with E-state index in [9.17, 15) is 0 Å². The van der Waals surface area contributed by atoms with Gasteiger partial charge in [0.15, 0.2) is 0 Å². The van der Waals surface area contributed by atoms with E-state index in [2.05, 4.69) is 10.3 Å². The molecule has 0 aliphatic carbocycles. The third-order valence-corrected chi connectivity index (χ3v) is 2.05. The van der Waals surface area contributed by atoms with Crippen molar-refractivity contribution < 1.29 is 5.11 Å². The smallest absolute Gasteiger partial charge is 0.113 e. The maximum absolute atomic E-state index is 8.80. The number of aromatic nitrogens is 3. The first-order valence-electron chi connectivity index (χ1n) is 4.22. The zero-order valence-corrected chi connectivity index (χ0v) is 7.44. The number of benzene rings is 1. The van der Waals surface area contributed by atoms with Gasteiger partial charge in [0.1, 0.15) is 5.52 Å². The minimum absolute atomic E-state index is 0.0901. The molecule has 1 N–H and O–H groups in total. The predicted molar refractivity (Wildman–Crippen MR) is 49.4 cm³/mol. The Balaban J connectivity index is 2.64. The highest BCUT2D eigenvalue weighted by atomic mass is 16.3. The average Bonchev–Trinajstić information content (AvgIpc) is 2.51. The number of nitrogens with zero attached hydrogens (tertiary/aromatic N) is 3. The Kier molecular flexibility index (Phi) is 1.98. The molecular weight excluding hydrogens is 166 g/mol. The summed E-state index contributed by atoms with van der Waals surface area (Å²) in [6.45, 7) is 2.60. The monoisotopic (exact) mass is 177 g/mol. The van der Waals surface area contributed by atoms with Crippen molar-refractivity contribution in [2.45, 2.75) is 13.5 Å². The zero-order valence-electron chi connectivity index (χ0n) is 7.44. The van der Waals surface area contributed by atoms with E-state index < -0.39 is 0 Å². The Morgan fingerprint density at radius 1 is 1.46 bits per heavy atom. The number of hydrogen-bond acceptors (Lipinski definition) is 3. The molecule has 1 aromatic carbocycles. The fraction of sp³-hybridized carbons (Fsp3) is 0.333. The highest BCUT2D eigenvalue weighted by Gasteiger charge is 2.04. The largest absolute Gasteiger partial charge is 0.394 e. The van der Waals surface area contributed by atoms with Gasteiger partial charge in [-0.05, 0) is 18.6 Å². The molecule has 0 fully saturated rings. The number of hydrogen-bond donors (Lipinski definition) is 1. The number of aliphatic hydroxyl groups excluding tert-OH is 1.